The monoisotopic (exact) mass is 114 g/mol. The lowest BCUT2D eigenvalue weighted by atomic mass is 10.2. The molecule has 1 unspecified atom stereocenters. The second-order valence-electron chi connectivity index (χ2n) is 1.89. The van der Waals surface area contributed by atoms with Gasteiger partial charge in [-0.25, -0.2) is 0 Å². The van der Waals surface area contributed by atoms with Crippen molar-refractivity contribution in [2.75, 3.05) is 5.75 Å². The van der Waals surface area contributed by atoms with Crippen molar-refractivity contribution >= 4 is 11.8 Å². The Balaban J connectivity index is 2.12. The molecule has 0 nitrogen and oxygen atoms in total. The molecular weight excluding hydrogens is 104 g/mol. The van der Waals surface area contributed by atoms with Crippen LogP contribution in [0.5, 0.6) is 0 Å². The van der Waals surface area contributed by atoms with E-state index in [1.54, 1.807) is 0 Å². The molecule has 1 aliphatic heterocycles. The minimum absolute atomic E-state index is 0.841. The molecule has 0 aromatic rings. The zero-order chi connectivity index (χ0) is 5.11. The fraction of sp³-hybridized carbons (Fsp3) is 0.833. The third kappa shape index (κ3) is 1.72. The summed E-state index contributed by atoms with van der Waals surface area (Å²) in [6.45, 7) is 2.26. The molecule has 2 radical (unpaired) electrons. The lowest BCUT2D eigenvalue weighted by Crippen LogP contribution is -2.03. The van der Waals surface area contributed by atoms with Crippen LogP contribution in [0.15, 0.2) is 0 Å². The molecule has 0 saturated carbocycles. The van der Waals surface area contributed by atoms with Crippen molar-refractivity contribution in [2.24, 2.45) is 0 Å². The smallest absolute Gasteiger partial charge is 0.00244 e. The zero-order valence-electron chi connectivity index (χ0n) is 4.61. The Labute approximate surface area is 49.7 Å². The maximum absolute atomic E-state index is 3.31. The van der Waals surface area contributed by atoms with Crippen LogP contribution < -0.4 is 0 Å². The van der Waals surface area contributed by atoms with Gasteiger partial charge in [0.25, 0.3) is 0 Å². The van der Waals surface area contributed by atoms with Crippen molar-refractivity contribution in [3.05, 3.63) is 6.42 Å². The standard InChI is InChI=1S/C6H10S/c1-6-4-2-3-5-7-6/h6H,3-5H2,1H3. The number of thioether (sulfide) groups is 1. The van der Waals surface area contributed by atoms with Crippen LogP contribution >= 0.6 is 11.8 Å². The molecule has 0 aromatic carbocycles. The average Bonchev–Trinajstić information content (AvgIpc) is 1.69. The lowest BCUT2D eigenvalue weighted by molar-refractivity contribution is 0.842. The first-order valence-corrected chi connectivity index (χ1v) is 3.77. The van der Waals surface area contributed by atoms with Gasteiger partial charge in [-0.3, -0.25) is 0 Å². The van der Waals surface area contributed by atoms with Gasteiger partial charge < -0.3 is 0 Å². The van der Waals surface area contributed by atoms with Crippen LogP contribution in [0.1, 0.15) is 19.8 Å². The summed E-state index contributed by atoms with van der Waals surface area (Å²) < 4.78 is 0. The summed E-state index contributed by atoms with van der Waals surface area (Å²) in [5, 5.41) is 0.841. The minimum atomic E-state index is 0.841. The normalized spacial score (nSPS) is 33.0. The van der Waals surface area contributed by atoms with Crippen molar-refractivity contribution in [3.8, 4) is 0 Å². The molecule has 1 heteroatoms. The van der Waals surface area contributed by atoms with Gasteiger partial charge >= 0.3 is 0 Å². The van der Waals surface area contributed by atoms with Crippen LogP contribution in [-0.2, 0) is 0 Å². The van der Waals surface area contributed by atoms with E-state index in [9.17, 15) is 0 Å². The molecule has 1 rings (SSSR count). The van der Waals surface area contributed by atoms with E-state index in [1.165, 1.54) is 18.6 Å². The minimum Gasteiger partial charge on any atom is -0.159 e. The highest BCUT2D eigenvalue weighted by atomic mass is 32.2. The van der Waals surface area contributed by atoms with E-state index in [-0.39, 0.29) is 0 Å². The molecular formula is C6H10S. The van der Waals surface area contributed by atoms with E-state index in [0.29, 0.717) is 0 Å². The first-order chi connectivity index (χ1) is 3.39. The third-order valence-corrected chi connectivity index (χ3v) is 2.29. The van der Waals surface area contributed by atoms with Crippen molar-refractivity contribution < 1.29 is 0 Å². The van der Waals surface area contributed by atoms with Gasteiger partial charge in [0.1, 0.15) is 0 Å². The van der Waals surface area contributed by atoms with E-state index in [2.05, 4.69) is 25.1 Å². The molecule has 1 fully saturated rings. The summed E-state index contributed by atoms with van der Waals surface area (Å²) in [5.74, 6) is 1.29. The molecule has 1 saturated heterocycles. The summed E-state index contributed by atoms with van der Waals surface area (Å²) in [5.41, 5.74) is 0. The molecule has 1 atom stereocenters. The molecule has 1 aliphatic rings. The van der Waals surface area contributed by atoms with E-state index < -0.39 is 0 Å². The Bertz CT molecular complexity index is 46.1. The highest BCUT2D eigenvalue weighted by Crippen LogP contribution is 2.22. The molecule has 0 spiro atoms. The number of hydrogen-bond acceptors (Lipinski definition) is 1. The van der Waals surface area contributed by atoms with Crippen molar-refractivity contribution in [1.29, 1.82) is 0 Å². The second-order valence-corrected chi connectivity index (χ2v) is 3.43. The fourth-order valence-corrected chi connectivity index (χ4v) is 1.60. The van der Waals surface area contributed by atoms with Gasteiger partial charge in [0.2, 0.25) is 0 Å². The van der Waals surface area contributed by atoms with Crippen LogP contribution in [0.4, 0.5) is 0 Å². The van der Waals surface area contributed by atoms with E-state index >= 15 is 0 Å². The first kappa shape index (κ1) is 5.49. The van der Waals surface area contributed by atoms with E-state index in [4.69, 9.17) is 0 Å². The first-order valence-electron chi connectivity index (χ1n) is 2.72. The Hall–Kier alpha value is 0.350. The fourth-order valence-electron chi connectivity index (χ4n) is 0.697. The Morgan fingerprint density at radius 1 is 1.71 bits per heavy atom. The topological polar surface area (TPSA) is 0 Å². The van der Waals surface area contributed by atoms with Crippen molar-refractivity contribution in [3.63, 3.8) is 0 Å². The summed E-state index contributed by atoms with van der Waals surface area (Å²) in [6, 6.07) is 0. The quantitative estimate of drug-likeness (QED) is 0.464. The van der Waals surface area contributed by atoms with E-state index in [1.807, 2.05) is 0 Å². The van der Waals surface area contributed by atoms with Crippen LogP contribution in [0, 0.1) is 6.42 Å². The highest BCUT2D eigenvalue weighted by molar-refractivity contribution is 7.99. The average molecular weight is 114 g/mol. The molecule has 7 heavy (non-hydrogen) atoms. The van der Waals surface area contributed by atoms with Gasteiger partial charge in [-0.15, -0.1) is 0 Å². The lowest BCUT2D eigenvalue weighted by Gasteiger charge is -2.14. The molecule has 0 aliphatic carbocycles. The van der Waals surface area contributed by atoms with Gasteiger partial charge in [-0.05, 0) is 25.0 Å². The zero-order valence-corrected chi connectivity index (χ0v) is 5.42. The molecule has 1 heterocycles. The molecule has 0 aromatic heterocycles. The SMILES string of the molecule is CC1C[C]CCS1. The molecule has 0 amide bonds. The van der Waals surface area contributed by atoms with Crippen molar-refractivity contribution in [1.82, 2.24) is 0 Å². The highest BCUT2D eigenvalue weighted by Gasteiger charge is 2.06. The Morgan fingerprint density at radius 3 is 2.86 bits per heavy atom. The summed E-state index contributed by atoms with van der Waals surface area (Å²) in [4.78, 5) is 0. The predicted octanol–water partition coefficient (Wildman–Crippen LogP) is 1.98. The number of rotatable bonds is 0. The van der Waals surface area contributed by atoms with Crippen LogP contribution in [0.3, 0.4) is 0 Å². The summed E-state index contributed by atoms with van der Waals surface area (Å²) in [7, 11) is 0. The summed E-state index contributed by atoms with van der Waals surface area (Å²) in [6.07, 6.45) is 5.72. The maximum Gasteiger partial charge on any atom is 0.00244 e. The maximum atomic E-state index is 3.31. The summed E-state index contributed by atoms with van der Waals surface area (Å²) >= 11 is 2.06. The van der Waals surface area contributed by atoms with Crippen molar-refractivity contribution in [2.45, 2.75) is 25.0 Å². The second kappa shape index (κ2) is 2.61. The van der Waals surface area contributed by atoms with Gasteiger partial charge in [-0.2, -0.15) is 11.8 Å². The number of hydrogen-bond donors (Lipinski definition) is 0. The molecule has 40 valence electrons. The van der Waals surface area contributed by atoms with Crippen LogP contribution in [-0.4, -0.2) is 11.0 Å². The molecule has 0 N–H and O–H groups in total. The van der Waals surface area contributed by atoms with Gasteiger partial charge in [0.15, 0.2) is 0 Å². The van der Waals surface area contributed by atoms with Gasteiger partial charge in [-0.1, -0.05) is 6.92 Å². The molecule has 0 bridgehead atoms. The largest absolute Gasteiger partial charge is 0.159 e. The Kier molecular flexibility index (Phi) is 2.04. The van der Waals surface area contributed by atoms with E-state index in [0.717, 1.165) is 5.25 Å². The predicted molar refractivity (Wildman–Crippen MR) is 34.4 cm³/mol. The van der Waals surface area contributed by atoms with Gasteiger partial charge in [0.05, 0.1) is 0 Å². The Morgan fingerprint density at radius 2 is 2.57 bits per heavy atom. The van der Waals surface area contributed by atoms with Crippen LogP contribution in [0.2, 0.25) is 0 Å². The van der Waals surface area contributed by atoms with Crippen LogP contribution in [0.25, 0.3) is 0 Å². The third-order valence-electron chi connectivity index (χ3n) is 1.11. The van der Waals surface area contributed by atoms with Gasteiger partial charge in [0, 0.05) is 5.25 Å².